The number of aromatic nitrogens is 2. The lowest BCUT2D eigenvalue weighted by atomic mass is 10.2. The second kappa shape index (κ2) is 5.02. The van der Waals surface area contributed by atoms with Crippen LogP contribution in [0.3, 0.4) is 0 Å². The summed E-state index contributed by atoms with van der Waals surface area (Å²) in [6.45, 7) is 3.53. The van der Waals surface area contributed by atoms with Gasteiger partial charge in [0.1, 0.15) is 0 Å². The van der Waals surface area contributed by atoms with Crippen LogP contribution in [0.1, 0.15) is 24.1 Å². The summed E-state index contributed by atoms with van der Waals surface area (Å²) in [6.07, 6.45) is 3.24. The van der Waals surface area contributed by atoms with Crippen LogP contribution < -0.4 is 10.5 Å². The third-order valence-electron chi connectivity index (χ3n) is 2.90. The van der Waals surface area contributed by atoms with Crippen LogP contribution in [-0.2, 0) is 10.0 Å². The monoisotopic (exact) mass is 280 g/mol. The van der Waals surface area contributed by atoms with Crippen LogP contribution in [0, 0.1) is 6.92 Å². The fourth-order valence-electron chi connectivity index (χ4n) is 1.68. The van der Waals surface area contributed by atoms with Crippen molar-refractivity contribution in [2.75, 3.05) is 5.73 Å². The van der Waals surface area contributed by atoms with Crippen LogP contribution >= 0.6 is 0 Å². The third-order valence-corrected chi connectivity index (χ3v) is 4.44. The van der Waals surface area contributed by atoms with E-state index in [0.717, 1.165) is 11.1 Å². The molecule has 0 aliphatic heterocycles. The molecular formula is C12H16N4O2S. The maximum atomic E-state index is 12.2. The molecule has 0 fully saturated rings. The molecule has 1 heterocycles. The molecule has 0 radical (unpaired) electrons. The van der Waals surface area contributed by atoms with Crippen LogP contribution in [0.25, 0.3) is 0 Å². The Bertz CT molecular complexity index is 665. The molecule has 0 spiro atoms. The Hall–Kier alpha value is -1.86. The van der Waals surface area contributed by atoms with Crippen LogP contribution in [0.5, 0.6) is 0 Å². The number of nitrogen functional groups attached to an aromatic ring is 1. The Kier molecular flexibility index (Phi) is 3.59. The Morgan fingerprint density at radius 3 is 2.74 bits per heavy atom. The van der Waals surface area contributed by atoms with Crippen molar-refractivity contribution in [1.29, 1.82) is 0 Å². The second-order valence-corrected chi connectivity index (χ2v) is 6.11. The Morgan fingerprint density at radius 1 is 1.42 bits per heavy atom. The molecule has 7 heteroatoms. The summed E-state index contributed by atoms with van der Waals surface area (Å²) >= 11 is 0. The second-order valence-electron chi connectivity index (χ2n) is 4.39. The van der Waals surface area contributed by atoms with Gasteiger partial charge in [-0.1, -0.05) is 0 Å². The zero-order chi connectivity index (χ0) is 14.0. The molecule has 1 unspecified atom stereocenters. The van der Waals surface area contributed by atoms with Crippen molar-refractivity contribution in [3.63, 3.8) is 0 Å². The highest BCUT2D eigenvalue weighted by Gasteiger charge is 2.19. The van der Waals surface area contributed by atoms with Gasteiger partial charge in [-0.3, -0.25) is 5.10 Å². The number of nitrogens with one attached hydrogen (secondary N) is 2. The van der Waals surface area contributed by atoms with Gasteiger partial charge in [0, 0.05) is 23.5 Å². The number of aryl methyl sites for hydroxylation is 1. The number of nitrogens with two attached hydrogens (primary N) is 1. The SMILES string of the molecule is Cc1cc(S(=O)(=O)NC(C)c2cn[nH]c2)ccc1N. The van der Waals surface area contributed by atoms with Gasteiger partial charge >= 0.3 is 0 Å². The van der Waals surface area contributed by atoms with E-state index in [4.69, 9.17) is 5.73 Å². The molecule has 0 saturated heterocycles. The smallest absolute Gasteiger partial charge is 0.241 e. The average Bonchev–Trinajstić information content (AvgIpc) is 2.85. The van der Waals surface area contributed by atoms with Crippen molar-refractivity contribution in [1.82, 2.24) is 14.9 Å². The predicted molar refractivity (Wildman–Crippen MR) is 72.9 cm³/mol. The molecule has 0 amide bonds. The summed E-state index contributed by atoms with van der Waals surface area (Å²) in [7, 11) is -3.57. The number of rotatable bonds is 4. The van der Waals surface area contributed by atoms with Gasteiger partial charge in [-0.25, -0.2) is 13.1 Å². The van der Waals surface area contributed by atoms with Gasteiger partial charge in [-0.2, -0.15) is 5.10 Å². The molecule has 1 atom stereocenters. The van der Waals surface area contributed by atoms with Crippen molar-refractivity contribution in [3.8, 4) is 0 Å². The van der Waals surface area contributed by atoms with Gasteiger partial charge < -0.3 is 5.73 Å². The standard InChI is InChI=1S/C12H16N4O2S/c1-8-5-11(3-4-12(8)13)19(17,18)16-9(2)10-6-14-15-7-10/h3-7,9,16H,13H2,1-2H3,(H,14,15). The molecule has 6 nitrogen and oxygen atoms in total. The van der Waals surface area contributed by atoms with Crippen LogP contribution in [0.4, 0.5) is 5.69 Å². The number of anilines is 1. The lowest BCUT2D eigenvalue weighted by Crippen LogP contribution is -2.26. The number of nitrogens with zero attached hydrogens (tertiary/aromatic N) is 1. The molecule has 0 saturated carbocycles. The normalized spacial score (nSPS) is 13.4. The summed E-state index contributed by atoms with van der Waals surface area (Å²) in [6, 6.07) is 4.28. The fraction of sp³-hybridized carbons (Fsp3) is 0.250. The molecular weight excluding hydrogens is 264 g/mol. The van der Waals surface area contributed by atoms with E-state index < -0.39 is 10.0 Å². The molecule has 0 aliphatic rings. The van der Waals surface area contributed by atoms with E-state index in [-0.39, 0.29) is 10.9 Å². The van der Waals surface area contributed by atoms with Gasteiger partial charge in [-0.15, -0.1) is 0 Å². The number of benzene rings is 1. The topological polar surface area (TPSA) is 101 Å². The Labute approximate surface area is 112 Å². The zero-order valence-corrected chi connectivity index (χ0v) is 11.5. The molecule has 4 N–H and O–H groups in total. The Balaban J connectivity index is 2.25. The predicted octanol–water partition coefficient (Wildman–Crippen LogP) is 1.34. The highest BCUT2D eigenvalue weighted by molar-refractivity contribution is 7.89. The van der Waals surface area contributed by atoms with Crippen molar-refractivity contribution < 1.29 is 8.42 Å². The van der Waals surface area contributed by atoms with Gasteiger partial charge in [0.05, 0.1) is 11.1 Å². The Morgan fingerprint density at radius 2 is 2.16 bits per heavy atom. The lowest BCUT2D eigenvalue weighted by Gasteiger charge is -2.13. The first kappa shape index (κ1) is 13.6. The van der Waals surface area contributed by atoms with Gasteiger partial charge in [0.25, 0.3) is 0 Å². The molecule has 1 aromatic heterocycles. The summed E-state index contributed by atoms with van der Waals surface area (Å²) in [5.41, 5.74) is 7.76. The first-order chi connectivity index (χ1) is 8.90. The molecule has 0 bridgehead atoms. The van der Waals surface area contributed by atoms with E-state index in [1.165, 1.54) is 6.07 Å². The first-order valence-corrected chi connectivity index (χ1v) is 7.25. The minimum absolute atomic E-state index is 0.203. The average molecular weight is 280 g/mol. The van der Waals surface area contributed by atoms with Gasteiger partial charge in [0.2, 0.25) is 10.0 Å². The van der Waals surface area contributed by atoms with Crippen LogP contribution in [0.15, 0.2) is 35.5 Å². The largest absolute Gasteiger partial charge is 0.399 e. The number of H-pyrrole nitrogens is 1. The highest BCUT2D eigenvalue weighted by atomic mass is 32.2. The summed E-state index contributed by atoms with van der Waals surface area (Å²) in [4.78, 5) is 0.203. The van der Waals surface area contributed by atoms with E-state index in [2.05, 4.69) is 14.9 Å². The van der Waals surface area contributed by atoms with Gasteiger partial charge in [0.15, 0.2) is 0 Å². The summed E-state index contributed by atoms with van der Waals surface area (Å²) in [5.74, 6) is 0. The van der Waals surface area contributed by atoms with Crippen molar-refractivity contribution in [2.45, 2.75) is 24.8 Å². The molecule has 2 aromatic rings. The summed E-state index contributed by atoms with van der Waals surface area (Å²) in [5, 5.41) is 6.45. The number of sulfonamides is 1. The number of hydrogen-bond acceptors (Lipinski definition) is 4. The zero-order valence-electron chi connectivity index (χ0n) is 10.7. The van der Waals surface area contributed by atoms with E-state index >= 15 is 0 Å². The maximum Gasteiger partial charge on any atom is 0.241 e. The molecule has 0 aliphatic carbocycles. The van der Waals surface area contributed by atoms with Crippen molar-refractivity contribution in [3.05, 3.63) is 41.7 Å². The van der Waals surface area contributed by atoms with E-state index in [0.29, 0.717) is 5.69 Å². The minimum atomic E-state index is -3.57. The first-order valence-electron chi connectivity index (χ1n) is 5.77. The van der Waals surface area contributed by atoms with E-state index in [1.807, 2.05) is 0 Å². The highest BCUT2D eigenvalue weighted by Crippen LogP contribution is 2.19. The molecule has 102 valence electrons. The van der Waals surface area contributed by atoms with Crippen LogP contribution in [-0.4, -0.2) is 18.6 Å². The molecule has 2 rings (SSSR count). The van der Waals surface area contributed by atoms with E-state index in [1.54, 1.807) is 38.4 Å². The maximum absolute atomic E-state index is 12.2. The fourth-order valence-corrected chi connectivity index (χ4v) is 3.00. The minimum Gasteiger partial charge on any atom is -0.399 e. The van der Waals surface area contributed by atoms with Crippen molar-refractivity contribution in [2.24, 2.45) is 0 Å². The quantitative estimate of drug-likeness (QED) is 0.736. The van der Waals surface area contributed by atoms with Crippen LogP contribution in [0.2, 0.25) is 0 Å². The summed E-state index contributed by atoms with van der Waals surface area (Å²) < 4.78 is 27.0. The molecule has 1 aromatic carbocycles. The van der Waals surface area contributed by atoms with Crippen molar-refractivity contribution >= 4 is 15.7 Å². The lowest BCUT2D eigenvalue weighted by molar-refractivity contribution is 0.567. The number of aromatic amines is 1. The van der Waals surface area contributed by atoms with E-state index in [9.17, 15) is 8.42 Å². The molecule has 19 heavy (non-hydrogen) atoms. The third kappa shape index (κ3) is 2.94. The number of hydrogen-bond donors (Lipinski definition) is 3. The van der Waals surface area contributed by atoms with Gasteiger partial charge in [-0.05, 0) is 37.6 Å².